The van der Waals surface area contributed by atoms with Gasteiger partial charge in [-0.3, -0.25) is 4.79 Å². The summed E-state index contributed by atoms with van der Waals surface area (Å²) in [4.78, 5) is 10.6. The van der Waals surface area contributed by atoms with Crippen molar-refractivity contribution in [1.29, 1.82) is 0 Å². The largest absolute Gasteiger partial charge is 0.481 e. The van der Waals surface area contributed by atoms with Gasteiger partial charge in [0.2, 0.25) is 0 Å². The van der Waals surface area contributed by atoms with Gasteiger partial charge in [-0.2, -0.15) is 13.2 Å². The highest BCUT2D eigenvalue weighted by molar-refractivity contribution is 5.68. The van der Waals surface area contributed by atoms with Gasteiger partial charge < -0.3 is 5.11 Å². The third-order valence-corrected chi connectivity index (χ3v) is 2.60. The van der Waals surface area contributed by atoms with Crippen LogP contribution in [-0.4, -0.2) is 11.1 Å². The first kappa shape index (κ1) is 13.5. The SMILES string of the molecule is CCC(CC(=O)O)c1cccc(C(F)(F)F)c1. The van der Waals surface area contributed by atoms with Crippen LogP contribution in [0.15, 0.2) is 24.3 Å². The molecular formula is C12H13F3O2. The molecule has 0 saturated heterocycles. The molecule has 1 rings (SSSR count). The van der Waals surface area contributed by atoms with Gasteiger partial charge in [0.25, 0.3) is 0 Å². The van der Waals surface area contributed by atoms with Crippen LogP contribution in [0.5, 0.6) is 0 Å². The molecular weight excluding hydrogens is 233 g/mol. The second-order valence-corrected chi connectivity index (χ2v) is 3.83. The summed E-state index contributed by atoms with van der Waals surface area (Å²) in [5.74, 6) is -1.39. The van der Waals surface area contributed by atoms with Crippen LogP contribution in [0.4, 0.5) is 13.2 Å². The Morgan fingerprint density at radius 3 is 2.53 bits per heavy atom. The van der Waals surface area contributed by atoms with E-state index in [1.54, 1.807) is 6.92 Å². The monoisotopic (exact) mass is 246 g/mol. The van der Waals surface area contributed by atoms with E-state index in [1.807, 2.05) is 0 Å². The second-order valence-electron chi connectivity index (χ2n) is 3.83. The highest BCUT2D eigenvalue weighted by atomic mass is 19.4. The first-order chi connectivity index (χ1) is 7.84. The fourth-order valence-electron chi connectivity index (χ4n) is 1.68. The molecule has 0 radical (unpaired) electrons. The number of benzene rings is 1. The van der Waals surface area contributed by atoms with E-state index in [0.717, 1.165) is 12.1 Å². The van der Waals surface area contributed by atoms with Gasteiger partial charge in [0.15, 0.2) is 0 Å². The second kappa shape index (κ2) is 5.21. The van der Waals surface area contributed by atoms with Gasteiger partial charge in [-0.15, -0.1) is 0 Å². The molecule has 2 nitrogen and oxygen atoms in total. The molecule has 0 amide bonds. The van der Waals surface area contributed by atoms with Gasteiger partial charge in [0.05, 0.1) is 12.0 Å². The number of hydrogen-bond donors (Lipinski definition) is 1. The van der Waals surface area contributed by atoms with Gasteiger partial charge in [-0.25, -0.2) is 0 Å². The first-order valence-corrected chi connectivity index (χ1v) is 5.23. The maximum atomic E-state index is 12.5. The van der Waals surface area contributed by atoms with Gasteiger partial charge >= 0.3 is 12.1 Å². The maximum Gasteiger partial charge on any atom is 0.416 e. The molecule has 0 saturated carbocycles. The Morgan fingerprint density at radius 2 is 2.06 bits per heavy atom. The Kier molecular flexibility index (Phi) is 4.15. The zero-order chi connectivity index (χ0) is 13.1. The Labute approximate surface area is 97.1 Å². The average Bonchev–Trinajstić information content (AvgIpc) is 2.24. The van der Waals surface area contributed by atoms with Crippen molar-refractivity contribution in [2.24, 2.45) is 0 Å². The molecule has 0 aromatic heterocycles. The molecule has 5 heteroatoms. The molecule has 17 heavy (non-hydrogen) atoms. The Morgan fingerprint density at radius 1 is 1.41 bits per heavy atom. The Balaban J connectivity index is 3.01. The smallest absolute Gasteiger partial charge is 0.416 e. The zero-order valence-electron chi connectivity index (χ0n) is 9.29. The fourth-order valence-corrected chi connectivity index (χ4v) is 1.68. The number of rotatable bonds is 4. The average molecular weight is 246 g/mol. The van der Waals surface area contributed by atoms with Crippen molar-refractivity contribution in [2.45, 2.75) is 31.9 Å². The number of carboxylic acids is 1. The lowest BCUT2D eigenvalue weighted by atomic mass is 9.92. The molecule has 94 valence electrons. The lowest BCUT2D eigenvalue weighted by Crippen LogP contribution is -2.09. The molecule has 0 aliphatic heterocycles. The van der Waals surface area contributed by atoms with Crippen molar-refractivity contribution in [3.63, 3.8) is 0 Å². The maximum absolute atomic E-state index is 12.5. The van der Waals surface area contributed by atoms with Crippen molar-refractivity contribution in [3.8, 4) is 0 Å². The number of halogens is 3. The topological polar surface area (TPSA) is 37.3 Å². The van der Waals surface area contributed by atoms with Gasteiger partial charge in [0, 0.05) is 0 Å². The minimum absolute atomic E-state index is 0.155. The summed E-state index contributed by atoms with van der Waals surface area (Å²) in [6.45, 7) is 1.76. The van der Waals surface area contributed by atoms with Gasteiger partial charge in [-0.1, -0.05) is 25.1 Å². The summed E-state index contributed by atoms with van der Waals surface area (Å²) in [6, 6.07) is 4.85. The van der Waals surface area contributed by atoms with Crippen LogP contribution in [0.3, 0.4) is 0 Å². The molecule has 0 heterocycles. The molecule has 0 fully saturated rings. The molecule has 1 atom stereocenters. The van der Waals surface area contributed by atoms with Crippen LogP contribution in [0.2, 0.25) is 0 Å². The Hall–Kier alpha value is -1.52. The van der Waals surface area contributed by atoms with Crippen LogP contribution >= 0.6 is 0 Å². The molecule has 0 bridgehead atoms. The summed E-state index contributed by atoms with van der Waals surface area (Å²) in [7, 11) is 0. The normalized spacial score (nSPS) is 13.4. The zero-order valence-corrected chi connectivity index (χ0v) is 9.29. The summed E-state index contributed by atoms with van der Waals surface area (Å²) in [5.41, 5.74) is -0.316. The molecule has 1 unspecified atom stereocenters. The third kappa shape index (κ3) is 3.76. The highest BCUT2D eigenvalue weighted by Crippen LogP contribution is 2.32. The van der Waals surface area contributed by atoms with Crippen LogP contribution in [0.1, 0.15) is 36.8 Å². The summed E-state index contributed by atoms with van der Waals surface area (Å²) >= 11 is 0. The predicted octanol–water partition coefficient (Wildman–Crippen LogP) is 3.67. The van der Waals surface area contributed by atoms with E-state index >= 15 is 0 Å². The number of aliphatic carboxylic acids is 1. The van der Waals surface area contributed by atoms with E-state index < -0.39 is 17.7 Å². The van der Waals surface area contributed by atoms with E-state index in [4.69, 9.17) is 5.11 Å². The first-order valence-electron chi connectivity index (χ1n) is 5.23. The standard InChI is InChI=1S/C12H13F3O2/c1-2-8(7-11(16)17)9-4-3-5-10(6-9)12(13,14)15/h3-6,8H,2,7H2,1H3,(H,16,17). The molecule has 0 aliphatic carbocycles. The van der Waals surface area contributed by atoms with E-state index in [1.165, 1.54) is 12.1 Å². The molecule has 0 aliphatic rings. The van der Waals surface area contributed by atoms with Crippen LogP contribution in [0, 0.1) is 0 Å². The summed E-state index contributed by atoms with van der Waals surface area (Å²) in [5, 5.41) is 8.68. The lowest BCUT2D eigenvalue weighted by molar-refractivity contribution is -0.138. The predicted molar refractivity (Wildman–Crippen MR) is 56.7 cm³/mol. The van der Waals surface area contributed by atoms with Gasteiger partial charge in [-0.05, 0) is 24.0 Å². The fraction of sp³-hybridized carbons (Fsp3) is 0.417. The summed E-state index contributed by atoms with van der Waals surface area (Å²) in [6.07, 6.45) is -4.05. The van der Waals surface area contributed by atoms with Crippen molar-refractivity contribution in [3.05, 3.63) is 35.4 Å². The van der Waals surface area contributed by atoms with Crippen LogP contribution in [0.25, 0.3) is 0 Å². The molecule has 0 spiro atoms. The number of carboxylic acid groups (broad SMARTS) is 1. The van der Waals surface area contributed by atoms with E-state index in [9.17, 15) is 18.0 Å². The van der Waals surface area contributed by atoms with E-state index in [-0.39, 0.29) is 12.3 Å². The minimum Gasteiger partial charge on any atom is -0.481 e. The number of alkyl halides is 3. The quantitative estimate of drug-likeness (QED) is 0.880. The van der Waals surface area contributed by atoms with Gasteiger partial charge in [0.1, 0.15) is 0 Å². The van der Waals surface area contributed by atoms with Crippen LogP contribution in [-0.2, 0) is 11.0 Å². The number of hydrogen-bond acceptors (Lipinski definition) is 1. The van der Waals surface area contributed by atoms with Crippen LogP contribution < -0.4 is 0 Å². The van der Waals surface area contributed by atoms with Crippen molar-refractivity contribution >= 4 is 5.97 Å². The highest BCUT2D eigenvalue weighted by Gasteiger charge is 2.31. The Bertz CT molecular complexity index is 399. The van der Waals surface area contributed by atoms with Crippen molar-refractivity contribution < 1.29 is 23.1 Å². The number of carbonyl (C=O) groups is 1. The van der Waals surface area contributed by atoms with Crippen molar-refractivity contribution in [1.82, 2.24) is 0 Å². The summed E-state index contributed by atoms with van der Waals surface area (Å²) < 4.78 is 37.4. The van der Waals surface area contributed by atoms with E-state index in [0.29, 0.717) is 12.0 Å². The third-order valence-electron chi connectivity index (χ3n) is 2.60. The van der Waals surface area contributed by atoms with E-state index in [2.05, 4.69) is 0 Å². The molecule has 1 aromatic rings. The lowest BCUT2D eigenvalue weighted by Gasteiger charge is -2.15. The molecule has 1 N–H and O–H groups in total. The molecule has 1 aromatic carbocycles. The van der Waals surface area contributed by atoms with Crippen molar-refractivity contribution in [2.75, 3.05) is 0 Å². The minimum atomic E-state index is -4.39.